The average molecular weight is 248 g/mol. The topological polar surface area (TPSA) is 42.7 Å². The first-order chi connectivity index (χ1) is 8.43. The van der Waals surface area contributed by atoms with E-state index in [2.05, 4.69) is 33.1 Å². The minimum Gasteiger partial charge on any atom is -0.307 e. The van der Waals surface area contributed by atoms with Crippen molar-refractivity contribution in [2.75, 3.05) is 6.54 Å². The summed E-state index contributed by atoms with van der Waals surface area (Å²) in [6, 6.07) is 4.91. The molecule has 5 heteroatoms. The van der Waals surface area contributed by atoms with E-state index < -0.39 is 0 Å². The highest BCUT2D eigenvalue weighted by atomic mass is 32.1. The molecular weight excluding hydrogens is 232 g/mol. The van der Waals surface area contributed by atoms with Crippen molar-refractivity contribution in [3.63, 3.8) is 0 Å². The van der Waals surface area contributed by atoms with Crippen LogP contribution in [0, 0.1) is 5.92 Å². The quantitative estimate of drug-likeness (QED) is 0.851. The second-order valence-corrected chi connectivity index (χ2v) is 5.43. The van der Waals surface area contributed by atoms with E-state index >= 15 is 0 Å². The molecular formula is C12H16N4S. The molecule has 0 aliphatic heterocycles. The van der Waals surface area contributed by atoms with Crippen LogP contribution in [0.25, 0.3) is 0 Å². The highest BCUT2D eigenvalue weighted by Crippen LogP contribution is 2.42. The van der Waals surface area contributed by atoms with Crippen molar-refractivity contribution in [2.24, 2.45) is 5.92 Å². The summed E-state index contributed by atoms with van der Waals surface area (Å²) < 4.78 is 1.87. The Hall–Kier alpha value is -1.20. The summed E-state index contributed by atoms with van der Waals surface area (Å²) in [5.41, 5.74) is 0. The van der Waals surface area contributed by atoms with E-state index in [-0.39, 0.29) is 0 Å². The molecule has 1 fully saturated rings. The largest absolute Gasteiger partial charge is 0.307 e. The van der Waals surface area contributed by atoms with Gasteiger partial charge in [-0.1, -0.05) is 11.3 Å². The molecule has 2 aromatic rings. The number of rotatable bonds is 6. The van der Waals surface area contributed by atoms with Crippen LogP contribution < -0.4 is 5.32 Å². The minimum atomic E-state index is 0.540. The Morgan fingerprint density at radius 2 is 2.47 bits per heavy atom. The molecule has 0 spiro atoms. The second kappa shape index (κ2) is 4.98. The van der Waals surface area contributed by atoms with Crippen LogP contribution in [0.2, 0.25) is 0 Å². The van der Waals surface area contributed by atoms with Gasteiger partial charge in [0.05, 0.1) is 12.7 Å². The highest BCUT2D eigenvalue weighted by molar-refractivity contribution is 7.10. The molecule has 90 valence electrons. The smallest absolute Gasteiger partial charge is 0.0692 e. The first kappa shape index (κ1) is 10.9. The monoisotopic (exact) mass is 248 g/mol. The zero-order valence-corrected chi connectivity index (χ0v) is 10.4. The van der Waals surface area contributed by atoms with E-state index in [1.807, 2.05) is 22.2 Å². The first-order valence-corrected chi connectivity index (χ1v) is 6.92. The zero-order valence-electron chi connectivity index (χ0n) is 9.62. The molecule has 17 heavy (non-hydrogen) atoms. The third-order valence-electron chi connectivity index (χ3n) is 3.12. The standard InChI is InChI=1S/C12H16N4S/c1-2-11(17-9-1)12(10-3-4-10)13-5-7-16-8-6-14-15-16/h1-2,6,8-10,12-13H,3-5,7H2. The molecule has 1 atom stereocenters. The van der Waals surface area contributed by atoms with Crippen LogP contribution in [-0.2, 0) is 6.54 Å². The molecule has 2 heterocycles. The van der Waals surface area contributed by atoms with E-state index in [0.29, 0.717) is 6.04 Å². The predicted molar refractivity (Wildman–Crippen MR) is 67.8 cm³/mol. The lowest BCUT2D eigenvalue weighted by molar-refractivity contribution is 0.452. The van der Waals surface area contributed by atoms with E-state index in [1.54, 1.807) is 6.20 Å². The zero-order chi connectivity index (χ0) is 11.5. The van der Waals surface area contributed by atoms with Crippen molar-refractivity contribution in [3.05, 3.63) is 34.8 Å². The van der Waals surface area contributed by atoms with Gasteiger partial charge in [-0.3, -0.25) is 4.68 Å². The molecule has 3 rings (SSSR count). The van der Waals surface area contributed by atoms with Gasteiger partial charge < -0.3 is 5.32 Å². The molecule has 0 saturated heterocycles. The van der Waals surface area contributed by atoms with Gasteiger partial charge in [-0.15, -0.1) is 16.4 Å². The lowest BCUT2D eigenvalue weighted by Crippen LogP contribution is -2.26. The Morgan fingerprint density at radius 3 is 3.12 bits per heavy atom. The Bertz CT molecular complexity index is 433. The summed E-state index contributed by atoms with van der Waals surface area (Å²) in [5.74, 6) is 0.837. The molecule has 1 aliphatic carbocycles. The van der Waals surface area contributed by atoms with Gasteiger partial charge in [-0.25, -0.2) is 0 Å². The fourth-order valence-corrected chi connectivity index (χ4v) is 2.98. The van der Waals surface area contributed by atoms with Crippen molar-refractivity contribution in [1.29, 1.82) is 0 Å². The molecule has 2 aromatic heterocycles. The van der Waals surface area contributed by atoms with E-state index in [1.165, 1.54) is 17.7 Å². The summed E-state index contributed by atoms with van der Waals surface area (Å²) >= 11 is 1.85. The normalized spacial score (nSPS) is 17.2. The SMILES string of the molecule is c1csc(C(NCCn2ccnn2)C2CC2)c1. The van der Waals surface area contributed by atoms with Gasteiger partial charge in [0.15, 0.2) is 0 Å². The maximum Gasteiger partial charge on any atom is 0.0692 e. The summed E-state index contributed by atoms with van der Waals surface area (Å²) in [7, 11) is 0. The molecule has 0 amide bonds. The van der Waals surface area contributed by atoms with Crippen LogP contribution in [0.3, 0.4) is 0 Å². The van der Waals surface area contributed by atoms with Gasteiger partial charge in [-0.05, 0) is 30.2 Å². The van der Waals surface area contributed by atoms with E-state index in [9.17, 15) is 0 Å². The number of nitrogens with zero attached hydrogens (tertiary/aromatic N) is 3. The average Bonchev–Trinajstić information content (AvgIpc) is 2.84. The number of aromatic nitrogens is 3. The molecule has 0 aromatic carbocycles. The van der Waals surface area contributed by atoms with Crippen LogP contribution >= 0.6 is 11.3 Å². The number of nitrogens with one attached hydrogen (secondary N) is 1. The van der Waals surface area contributed by atoms with Crippen molar-refractivity contribution >= 4 is 11.3 Å². The lowest BCUT2D eigenvalue weighted by atomic mass is 10.1. The van der Waals surface area contributed by atoms with E-state index in [4.69, 9.17) is 0 Å². The summed E-state index contributed by atoms with van der Waals surface area (Å²) in [4.78, 5) is 1.46. The van der Waals surface area contributed by atoms with Gasteiger partial charge in [0.1, 0.15) is 0 Å². The molecule has 0 radical (unpaired) electrons. The van der Waals surface area contributed by atoms with Crippen LogP contribution in [0.4, 0.5) is 0 Å². The molecule has 1 aliphatic rings. The fourth-order valence-electron chi connectivity index (χ4n) is 2.08. The van der Waals surface area contributed by atoms with Crippen LogP contribution in [0.1, 0.15) is 23.8 Å². The Kier molecular flexibility index (Phi) is 3.20. The lowest BCUT2D eigenvalue weighted by Gasteiger charge is -2.16. The Labute approximate surface area is 105 Å². The van der Waals surface area contributed by atoms with Gasteiger partial charge in [0.2, 0.25) is 0 Å². The van der Waals surface area contributed by atoms with Gasteiger partial charge in [0.25, 0.3) is 0 Å². The van der Waals surface area contributed by atoms with Crippen molar-refractivity contribution < 1.29 is 0 Å². The predicted octanol–water partition coefficient (Wildman–Crippen LogP) is 2.08. The van der Waals surface area contributed by atoms with Crippen molar-refractivity contribution in [2.45, 2.75) is 25.4 Å². The third-order valence-corrected chi connectivity index (χ3v) is 4.08. The number of hydrogen-bond acceptors (Lipinski definition) is 4. The summed E-state index contributed by atoms with van der Waals surface area (Å²) in [6.45, 7) is 1.83. The van der Waals surface area contributed by atoms with Crippen LogP contribution in [0.5, 0.6) is 0 Å². The fraction of sp³-hybridized carbons (Fsp3) is 0.500. The number of thiophene rings is 1. The molecule has 0 bridgehead atoms. The summed E-state index contributed by atoms with van der Waals surface area (Å²) in [6.07, 6.45) is 6.34. The second-order valence-electron chi connectivity index (χ2n) is 4.45. The molecule has 1 N–H and O–H groups in total. The molecule has 1 saturated carbocycles. The maximum atomic E-state index is 3.97. The third kappa shape index (κ3) is 2.73. The van der Waals surface area contributed by atoms with Gasteiger partial charge in [-0.2, -0.15) is 0 Å². The summed E-state index contributed by atoms with van der Waals surface area (Å²) in [5, 5.41) is 13.6. The molecule has 1 unspecified atom stereocenters. The van der Waals surface area contributed by atoms with E-state index in [0.717, 1.165) is 19.0 Å². The Balaban J connectivity index is 1.55. The van der Waals surface area contributed by atoms with Crippen LogP contribution in [-0.4, -0.2) is 21.5 Å². The van der Waals surface area contributed by atoms with Crippen LogP contribution in [0.15, 0.2) is 29.9 Å². The number of hydrogen-bond donors (Lipinski definition) is 1. The van der Waals surface area contributed by atoms with Gasteiger partial charge >= 0.3 is 0 Å². The first-order valence-electron chi connectivity index (χ1n) is 6.04. The molecule has 4 nitrogen and oxygen atoms in total. The highest BCUT2D eigenvalue weighted by Gasteiger charge is 2.32. The Morgan fingerprint density at radius 1 is 1.53 bits per heavy atom. The minimum absolute atomic E-state index is 0.540. The van der Waals surface area contributed by atoms with Crippen molar-refractivity contribution in [3.8, 4) is 0 Å². The van der Waals surface area contributed by atoms with Gasteiger partial charge in [0, 0.05) is 23.7 Å². The van der Waals surface area contributed by atoms with Crippen molar-refractivity contribution in [1.82, 2.24) is 20.3 Å². The maximum absolute atomic E-state index is 3.97.